The number of piperidine rings is 1. The molecule has 2 aliphatic rings. The number of thiazole rings is 1. The lowest BCUT2D eigenvalue weighted by Crippen LogP contribution is -2.43. The molecule has 24 heavy (non-hydrogen) atoms. The molecule has 0 atom stereocenters. The van der Waals surface area contributed by atoms with Crippen LogP contribution in [0.2, 0.25) is 0 Å². The number of rotatable bonds is 4. The number of hydrogen-bond donors (Lipinski definition) is 1. The summed E-state index contributed by atoms with van der Waals surface area (Å²) in [6.45, 7) is 2.56. The van der Waals surface area contributed by atoms with E-state index in [1.165, 1.54) is 22.5 Å². The van der Waals surface area contributed by atoms with E-state index in [2.05, 4.69) is 34.5 Å². The summed E-state index contributed by atoms with van der Waals surface area (Å²) in [5.74, 6) is 0.761. The van der Waals surface area contributed by atoms with Crippen LogP contribution in [0.3, 0.4) is 0 Å². The molecule has 2 heterocycles. The first-order valence-electron chi connectivity index (χ1n) is 9.15. The Kier molecular flexibility index (Phi) is 4.81. The monoisotopic (exact) mass is 343 g/mol. The van der Waals surface area contributed by atoms with Crippen LogP contribution in [-0.2, 0) is 4.79 Å². The van der Waals surface area contributed by atoms with Crippen LogP contribution in [0.25, 0.3) is 10.2 Å². The Hall–Kier alpha value is -1.46. The zero-order valence-electron chi connectivity index (χ0n) is 14.0. The number of likely N-dealkylation sites (tertiary alicyclic amines) is 1. The van der Waals surface area contributed by atoms with Crippen molar-refractivity contribution in [1.82, 2.24) is 15.2 Å². The lowest BCUT2D eigenvalue weighted by Gasteiger charge is -2.30. The molecule has 4 rings (SSSR count). The molecule has 1 aliphatic carbocycles. The van der Waals surface area contributed by atoms with E-state index in [1.54, 1.807) is 0 Å². The van der Waals surface area contributed by atoms with Crippen molar-refractivity contribution in [1.29, 1.82) is 0 Å². The number of hydrogen-bond acceptors (Lipinski definition) is 4. The molecule has 1 saturated carbocycles. The van der Waals surface area contributed by atoms with Crippen LogP contribution in [-0.4, -0.2) is 41.5 Å². The number of fused-ring (bicyclic) bond motifs is 1. The normalized spacial score (nSPS) is 20.7. The first-order chi connectivity index (χ1) is 11.8. The predicted molar refractivity (Wildman–Crippen MR) is 98.4 cm³/mol. The summed E-state index contributed by atoms with van der Waals surface area (Å²) in [4.78, 5) is 19.3. The molecule has 2 aromatic rings. The van der Waals surface area contributed by atoms with Crippen LogP contribution in [0.15, 0.2) is 24.3 Å². The van der Waals surface area contributed by atoms with Gasteiger partial charge in [-0.15, -0.1) is 11.3 Å². The van der Waals surface area contributed by atoms with Crippen molar-refractivity contribution in [2.45, 2.75) is 50.5 Å². The topological polar surface area (TPSA) is 45.2 Å². The van der Waals surface area contributed by atoms with Crippen molar-refractivity contribution in [3.63, 3.8) is 0 Å². The summed E-state index contributed by atoms with van der Waals surface area (Å²) in [5, 5.41) is 4.47. The Morgan fingerprint density at radius 3 is 2.67 bits per heavy atom. The molecule has 1 saturated heterocycles. The van der Waals surface area contributed by atoms with Gasteiger partial charge >= 0.3 is 0 Å². The summed E-state index contributed by atoms with van der Waals surface area (Å²) >= 11 is 1.83. The lowest BCUT2D eigenvalue weighted by molar-refractivity contribution is -0.123. The van der Waals surface area contributed by atoms with Crippen LogP contribution in [0.1, 0.15) is 49.5 Å². The predicted octanol–water partition coefficient (Wildman–Crippen LogP) is 3.53. The van der Waals surface area contributed by atoms with E-state index in [0.717, 1.165) is 44.3 Å². The van der Waals surface area contributed by atoms with Crippen molar-refractivity contribution < 1.29 is 4.79 Å². The molecule has 0 spiro atoms. The van der Waals surface area contributed by atoms with Gasteiger partial charge in [0.25, 0.3) is 0 Å². The fourth-order valence-corrected chi connectivity index (χ4v) is 5.09. The van der Waals surface area contributed by atoms with Crippen LogP contribution in [0, 0.1) is 0 Å². The molecule has 0 bridgehead atoms. The second-order valence-electron chi connectivity index (χ2n) is 7.12. The number of benzene rings is 1. The van der Waals surface area contributed by atoms with E-state index in [-0.39, 0.29) is 5.91 Å². The zero-order valence-corrected chi connectivity index (χ0v) is 14.9. The second-order valence-corrected chi connectivity index (χ2v) is 8.18. The van der Waals surface area contributed by atoms with Gasteiger partial charge in [-0.3, -0.25) is 9.69 Å². The summed E-state index contributed by atoms with van der Waals surface area (Å²) in [7, 11) is 0. The molecular formula is C19H25N3OS. The van der Waals surface area contributed by atoms with Gasteiger partial charge < -0.3 is 5.32 Å². The Labute approximate surface area is 147 Å². The van der Waals surface area contributed by atoms with Gasteiger partial charge in [-0.05, 0) is 50.9 Å². The number of carbonyl (C=O) groups excluding carboxylic acids is 1. The molecular weight excluding hydrogens is 318 g/mol. The molecule has 1 amide bonds. The largest absolute Gasteiger partial charge is 0.352 e. The number of aromatic nitrogens is 1. The Morgan fingerprint density at radius 2 is 1.92 bits per heavy atom. The molecule has 5 heteroatoms. The highest BCUT2D eigenvalue weighted by atomic mass is 32.1. The Morgan fingerprint density at radius 1 is 1.17 bits per heavy atom. The first-order valence-corrected chi connectivity index (χ1v) is 9.97. The second kappa shape index (κ2) is 7.19. The Balaban J connectivity index is 1.29. The molecule has 128 valence electrons. The highest BCUT2D eigenvalue weighted by Gasteiger charge is 2.25. The summed E-state index contributed by atoms with van der Waals surface area (Å²) in [6.07, 6.45) is 7.06. The van der Waals surface area contributed by atoms with E-state index in [1.807, 2.05) is 11.3 Å². The standard InChI is InChI=1S/C19H25N3OS/c23-18(20-15-5-1-2-6-15)13-22-11-9-14(10-12-22)19-21-16-7-3-4-8-17(16)24-19/h3-4,7-8,14-15H,1-2,5-6,9-13H2,(H,20,23). The maximum absolute atomic E-state index is 12.2. The van der Waals surface area contributed by atoms with Gasteiger partial charge in [0.2, 0.25) is 5.91 Å². The first kappa shape index (κ1) is 16.0. The maximum atomic E-state index is 12.2. The Bertz CT molecular complexity index is 666. The average molecular weight is 343 g/mol. The van der Waals surface area contributed by atoms with Gasteiger partial charge in [0.05, 0.1) is 21.8 Å². The molecule has 1 N–H and O–H groups in total. The summed E-state index contributed by atoms with van der Waals surface area (Å²) in [5.41, 5.74) is 1.12. The molecule has 0 radical (unpaired) electrons. The highest BCUT2D eigenvalue weighted by molar-refractivity contribution is 7.18. The lowest BCUT2D eigenvalue weighted by atomic mass is 9.97. The van der Waals surface area contributed by atoms with E-state index >= 15 is 0 Å². The number of carbonyl (C=O) groups is 1. The van der Waals surface area contributed by atoms with Gasteiger partial charge in [0, 0.05) is 12.0 Å². The minimum atomic E-state index is 0.209. The quantitative estimate of drug-likeness (QED) is 0.924. The number of nitrogens with one attached hydrogen (secondary N) is 1. The molecule has 2 fully saturated rings. The van der Waals surface area contributed by atoms with Crippen LogP contribution < -0.4 is 5.32 Å². The van der Waals surface area contributed by atoms with Crippen molar-refractivity contribution in [2.75, 3.05) is 19.6 Å². The average Bonchev–Trinajstić information content (AvgIpc) is 3.24. The fraction of sp³-hybridized carbons (Fsp3) is 0.579. The summed E-state index contributed by atoms with van der Waals surface area (Å²) in [6, 6.07) is 8.81. The number of nitrogens with zero attached hydrogens (tertiary/aromatic N) is 2. The molecule has 4 nitrogen and oxygen atoms in total. The van der Waals surface area contributed by atoms with Gasteiger partial charge in [0.1, 0.15) is 0 Å². The number of para-hydroxylation sites is 1. The van der Waals surface area contributed by atoms with Gasteiger partial charge in [-0.1, -0.05) is 25.0 Å². The van der Waals surface area contributed by atoms with Crippen molar-refractivity contribution in [3.05, 3.63) is 29.3 Å². The summed E-state index contributed by atoms with van der Waals surface area (Å²) < 4.78 is 1.28. The molecule has 0 unspecified atom stereocenters. The zero-order chi connectivity index (χ0) is 16.4. The highest BCUT2D eigenvalue weighted by Crippen LogP contribution is 2.33. The van der Waals surface area contributed by atoms with E-state index in [0.29, 0.717) is 18.5 Å². The van der Waals surface area contributed by atoms with Gasteiger partial charge in [-0.2, -0.15) is 0 Å². The van der Waals surface area contributed by atoms with Gasteiger partial charge in [0.15, 0.2) is 0 Å². The van der Waals surface area contributed by atoms with Crippen LogP contribution >= 0.6 is 11.3 Å². The third-order valence-corrected chi connectivity index (χ3v) is 6.53. The van der Waals surface area contributed by atoms with Crippen LogP contribution in [0.4, 0.5) is 0 Å². The third-order valence-electron chi connectivity index (χ3n) is 5.33. The van der Waals surface area contributed by atoms with Crippen LogP contribution in [0.5, 0.6) is 0 Å². The van der Waals surface area contributed by atoms with Crippen molar-refractivity contribution >= 4 is 27.5 Å². The smallest absolute Gasteiger partial charge is 0.234 e. The third kappa shape index (κ3) is 3.62. The number of amides is 1. The van der Waals surface area contributed by atoms with E-state index in [4.69, 9.17) is 4.98 Å². The van der Waals surface area contributed by atoms with Crippen molar-refractivity contribution in [3.8, 4) is 0 Å². The molecule has 1 aliphatic heterocycles. The maximum Gasteiger partial charge on any atom is 0.234 e. The minimum absolute atomic E-state index is 0.209. The molecule has 1 aromatic heterocycles. The van der Waals surface area contributed by atoms with E-state index in [9.17, 15) is 4.79 Å². The van der Waals surface area contributed by atoms with E-state index < -0.39 is 0 Å². The minimum Gasteiger partial charge on any atom is -0.352 e. The van der Waals surface area contributed by atoms with Crippen molar-refractivity contribution in [2.24, 2.45) is 0 Å². The SMILES string of the molecule is O=C(CN1CCC(c2nc3ccccc3s2)CC1)NC1CCCC1. The van der Waals surface area contributed by atoms with Gasteiger partial charge in [-0.25, -0.2) is 4.98 Å². The molecule has 1 aromatic carbocycles. The fourth-order valence-electron chi connectivity index (χ4n) is 3.95.